The van der Waals surface area contributed by atoms with E-state index in [4.69, 9.17) is 14.2 Å². The Morgan fingerprint density at radius 3 is 1.68 bits per heavy atom. The molecule has 0 amide bonds. The van der Waals surface area contributed by atoms with Crippen molar-refractivity contribution in [3.8, 4) is 39.1 Å². The van der Waals surface area contributed by atoms with Gasteiger partial charge in [0.25, 0.3) is 0 Å². The molecule has 2 N–H and O–H groups in total. The summed E-state index contributed by atoms with van der Waals surface area (Å²) in [6.07, 6.45) is 13.8. The number of benzene rings is 4. The highest BCUT2D eigenvalue weighted by Crippen LogP contribution is 2.40. The molecule has 5 rings (SSSR count). The molecule has 66 heavy (non-hydrogen) atoms. The molecule has 0 aliphatic heterocycles. The van der Waals surface area contributed by atoms with E-state index >= 15 is 8.78 Å². The lowest BCUT2D eigenvalue weighted by atomic mass is 9.77. The monoisotopic (exact) mass is 907 g/mol. The lowest BCUT2D eigenvalue weighted by molar-refractivity contribution is -0.139. The molecule has 0 radical (unpaired) electrons. The standard InChI is InChI=1S/C57H72F2O7/c1-7-9-10-13-41-16-18-42(19-17-41)43-20-22-44(23-21-43)45-24-26-50(52(58)35-45)46-25-27-51(53(59)36-46)49-33-47(14-11-30-65-55(62)39(3)4)54(64-32-29-57(37-60,38-61)28-8-2)48(34-49)15-12-31-66-56(63)40(5)6/h20-27,33-36,41-42,60-61H,3,5,7-19,28-32,37-38H2,1-2,4,6H3. The van der Waals surface area contributed by atoms with Crippen molar-refractivity contribution in [1.82, 2.24) is 0 Å². The van der Waals surface area contributed by atoms with E-state index in [1.807, 2.05) is 25.1 Å². The Morgan fingerprint density at radius 1 is 0.636 bits per heavy atom. The molecule has 0 spiro atoms. The lowest BCUT2D eigenvalue weighted by Crippen LogP contribution is -2.31. The zero-order chi connectivity index (χ0) is 47.6. The molecule has 0 saturated heterocycles. The summed E-state index contributed by atoms with van der Waals surface area (Å²) in [5.74, 6) is 0.0221. The fraction of sp³-hybridized carbons (Fsp3) is 0.474. The van der Waals surface area contributed by atoms with E-state index in [1.165, 1.54) is 69.1 Å². The molecule has 4 aromatic rings. The van der Waals surface area contributed by atoms with E-state index in [9.17, 15) is 19.8 Å². The van der Waals surface area contributed by atoms with E-state index in [0.717, 1.165) is 34.6 Å². The van der Waals surface area contributed by atoms with Crippen LogP contribution in [0.25, 0.3) is 33.4 Å². The maximum atomic E-state index is 16.4. The molecule has 1 aliphatic carbocycles. The van der Waals surface area contributed by atoms with Gasteiger partial charge in [0.15, 0.2) is 0 Å². The molecule has 356 valence electrons. The summed E-state index contributed by atoms with van der Waals surface area (Å²) in [7, 11) is 0. The molecule has 9 heteroatoms. The van der Waals surface area contributed by atoms with E-state index in [0.29, 0.717) is 83.6 Å². The van der Waals surface area contributed by atoms with Crippen molar-refractivity contribution in [2.75, 3.05) is 33.0 Å². The smallest absolute Gasteiger partial charge is 0.333 e. The van der Waals surface area contributed by atoms with Gasteiger partial charge < -0.3 is 24.4 Å². The Balaban J connectivity index is 1.40. The van der Waals surface area contributed by atoms with Crippen molar-refractivity contribution in [2.24, 2.45) is 11.3 Å². The fourth-order valence-electron chi connectivity index (χ4n) is 9.22. The van der Waals surface area contributed by atoms with Crippen LogP contribution in [0.15, 0.2) is 97.1 Å². The van der Waals surface area contributed by atoms with Gasteiger partial charge in [0.1, 0.15) is 17.4 Å². The largest absolute Gasteiger partial charge is 0.493 e. The molecule has 1 saturated carbocycles. The highest BCUT2D eigenvalue weighted by Gasteiger charge is 2.28. The van der Waals surface area contributed by atoms with Gasteiger partial charge in [-0.1, -0.05) is 108 Å². The third-order valence-corrected chi connectivity index (χ3v) is 13.3. The van der Waals surface area contributed by atoms with Crippen molar-refractivity contribution in [3.05, 3.63) is 125 Å². The van der Waals surface area contributed by atoms with Crippen LogP contribution in [0, 0.1) is 23.0 Å². The number of unbranched alkanes of at least 4 members (excludes halogenated alkanes) is 2. The van der Waals surface area contributed by atoms with E-state index in [1.54, 1.807) is 32.0 Å². The van der Waals surface area contributed by atoms with Crippen molar-refractivity contribution in [1.29, 1.82) is 0 Å². The highest BCUT2D eigenvalue weighted by atomic mass is 19.1. The third-order valence-electron chi connectivity index (χ3n) is 13.3. The van der Waals surface area contributed by atoms with Crippen LogP contribution < -0.4 is 4.74 Å². The Labute approximate surface area is 392 Å². The summed E-state index contributed by atoms with van der Waals surface area (Å²) < 4.78 is 49.7. The molecular weight excluding hydrogens is 835 g/mol. The minimum Gasteiger partial charge on any atom is -0.493 e. The molecule has 0 atom stereocenters. The fourth-order valence-corrected chi connectivity index (χ4v) is 9.22. The molecule has 7 nitrogen and oxygen atoms in total. The normalized spacial score (nSPS) is 15.0. The van der Waals surface area contributed by atoms with Crippen LogP contribution in [0.4, 0.5) is 8.78 Å². The summed E-state index contributed by atoms with van der Waals surface area (Å²) in [5, 5.41) is 20.5. The predicted molar refractivity (Wildman–Crippen MR) is 261 cm³/mol. The first kappa shape index (κ1) is 51.9. The van der Waals surface area contributed by atoms with E-state index in [2.05, 4.69) is 44.3 Å². The van der Waals surface area contributed by atoms with Gasteiger partial charge in [-0.3, -0.25) is 0 Å². The topological polar surface area (TPSA) is 102 Å². The van der Waals surface area contributed by atoms with E-state index in [-0.39, 0.29) is 33.0 Å². The Hall–Kier alpha value is -5.12. The molecule has 0 unspecified atom stereocenters. The second-order valence-corrected chi connectivity index (χ2v) is 18.6. The number of esters is 2. The number of rotatable bonds is 26. The molecule has 0 aromatic heterocycles. The number of carbonyl (C=O) groups excluding carboxylic acids is 2. The predicted octanol–water partition coefficient (Wildman–Crippen LogP) is 13.5. The number of ether oxygens (including phenoxy) is 3. The first-order valence-electron chi connectivity index (χ1n) is 24.2. The number of aryl methyl sites for hydroxylation is 2. The van der Waals surface area contributed by atoms with Crippen LogP contribution in [0.3, 0.4) is 0 Å². The quantitative estimate of drug-likeness (QED) is 0.0367. The Bertz CT molecular complexity index is 2180. The highest BCUT2D eigenvalue weighted by molar-refractivity contribution is 5.87. The van der Waals surface area contributed by atoms with Gasteiger partial charge in [0, 0.05) is 27.7 Å². The first-order chi connectivity index (χ1) is 31.8. The zero-order valence-electron chi connectivity index (χ0n) is 39.8. The SMILES string of the molecule is C=C(C)C(=O)OCCCc1cc(-c2ccc(-c3ccc(-c4ccc(C5CCC(CCCCC)CC5)cc4)cc3F)cc2F)cc(CCCOC(=O)C(=C)C)c1OCCC(CO)(CO)CCC. The van der Waals surface area contributed by atoms with Crippen LogP contribution in [0.5, 0.6) is 5.75 Å². The second kappa shape index (κ2) is 25.7. The van der Waals surface area contributed by atoms with Crippen molar-refractivity contribution in [3.63, 3.8) is 0 Å². The van der Waals surface area contributed by atoms with Crippen LogP contribution in [0.2, 0.25) is 0 Å². The number of hydrogen-bond donors (Lipinski definition) is 2. The summed E-state index contributed by atoms with van der Waals surface area (Å²) in [6.45, 7) is 14.8. The molecule has 0 bridgehead atoms. The molecule has 1 aliphatic rings. The second-order valence-electron chi connectivity index (χ2n) is 18.6. The molecule has 0 heterocycles. The zero-order valence-corrected chi connectivity index (χ0v) is 39.8. The maximum Gasteiger partial charge on any atom is 0.333 e. The number of aliphatic hydroxyl groups is 2. The third kappa shape index (κ3) is 14.4. The van der Waals surface area contributed by atoms with Gasteiger partial charge in [-0.05, 0) is 153 Å². The molecule has 1 fully saturated rings. The minimum atomic E-state index is -0.717. The summed E-state index contributed by atoms with van der Waals surface area (Å²) in [4.78, 5) is 24.3. The van der Waals surface area contributed by atoms with Crippen LogP contribution in [0.1, 0.15) is 134 Å². The average Bonchev–Trinajstić information content (AvgIpc) is 3.32. The lowest BCUT2D eigenvalue weighted by Gasteiger charge is -2.30. The van der Waals surface area contributed by atoms with E-state index < -0.39 is 29.0 Å². The number of aliphatic hydroxyl groups excluding tert-OH is 2. The van der Waals surface area contributed by atoms with Gasteiger partial charge >= 0.3 is 11.9 Å². The number of halogens is 2. The summed E-state index contributed by atoms with van der Waals surface area (Å²) >= 11 is 0. The van der Waals surface area contributed by atoms with Crippen molar-refractivity contribution in [2.45, 2.75) is 130 Å². The number of carbonyl (C=O) groups is 2. The number of hydrogen-bond acceptors (Lipinski definition) is 7. The van der Waals surface area contributed by atoms with Crippen LogP contribution >= 0.6 is 0 Å². The summed E-state index contributed by atoms with van der Waals surface area (Å²) in [6, 6.07) is 22.1. The van der Waals surface area contributed by atoms with Gasteiger partial charge in [0.05, 0.1) is 33.0 Å². The maximum absolute atomic E-state index is 16.4. The van der Waals surface area contributed by atoms with Crippen LogP contribution in [-0.2, 0) is 31.9 Å². The van der Waals surface area contributed by atoms with Crippen molar-refractivity contribution < 1.29 is 42.8 Å². The summed E-state index contributed by atoms with van der Waals surface area (Å²) in [5.41, 5.74) is 5.96. The van der Waals surface area contributed by atoms with Gasteiger partial charge in [-0.2, -0.15) is 0 Å². The first-order valence-corrected chi connectivity index (χ1v) is 24.2. The Kier molecular flexibility index (Phi) is 20.2. The molecular formula is C57H72F2O7. The average molecular weight is 907 g/mol. The minimum absolute atomic E-state index is 0.120. The van der Waals surface area contributed by atoms with Crippen LogP contribution in [-0.4, -0.2) is 55.2 Å². The van der Waals surface area contributed by atoms with Gasteiger partial charge in [-0.25, -0.2) is 18.4 Å². The van der Waals surface area contributed by atoms with Crippen molar-refractivity contribution >= 4 is 11.9 Å². The van der Waals surface area contributed by atoms with Gasteiger partial charge in [-0.15, -0.1) is 0 Å². The van der Waals surface area contributed by atoms with Gasteiger partial charge in [0.2, 0.25) is 0 Å². The molecule has 4 aromatic carbocycles. The Morgan fingerprint density at radius 2 is 1.17 bits per heavy atom.